The van der Waals surface area contributed by atoms with Crippen LogP contribution in [-0.4, -0.2) is 28.1 Å². The molecular formula is C10H17N5O. The monoisotopic (exact) mass is 223 g/mol. The van der Waals surface area contributed by atoms with E-state index in [4.69, 9.17) is 10.5 Å². The number of nitrogen functional groups attached to an aromatic ring is 1. The predicted octanol–water partition coefficient (Wildman–Crippen LogP) is 1.06. The molecule has 0 aromatic carbocycles. The predicted molar refractivity (Wildman–Crippen MR) is 61.2 cm³/mol. The lowest BCUT2D eigenvalue weighted by atomic mass is 9.80. The number of nitrogens with one attached hydrogen (secondary N) is 1. The number of anilines is 2. The van der Waals surface area contributed by atoms with Gasteiger partial charge < -0.3 is 15.8 Å². The lowest BCUT2D eigenvalue weighted by Gasteiger charge is -2.31. The first kappa shape index (κ1) is 10.9. The zero-order chi connectivity index (χ0) is 11.5. The summed E-state index contributed by atoms with van der Waals surface area (Å²) in [4.78, 5) is 12.0. The van der Waals surface area contributed by atoms with Gasteiger partial charge in [0.25, 0.3) is 0 Å². The van der Waals surface area contributed by atoms with Crippen molar-refractivity contribution in [1.82, 2.24) is 15.0 Å². The molecule has 3 N–H and O–H groups in total. The van der Waals surface area contributed by atoms with Crippen molar-refractivity contribution in [1.29, 1.82) is 0 Å². The van der Waals surface area contributed by atoms with Gasteiger partial charge in [-0.1, -0.05) is 6.42 Å². The highest BCUT2D eigenvalue weighted by atomic mass is 16.5. The molecule has 0 spiro atoms. The first-order valence-corrected chi connectivity index (χ1v) is 5.51. The quantitative estimate of drug-likeness (QED) is 0.793. The van der Waals surface area contributed by atoms with Crippen molar-refractivity contribution in [2.45, 2.75) is 32.2 Å². The Morgan fingerprint density at radius 1 is 1.38 bits per heavy atom. The maximum absolute atomic E-state index is 5.55. The van der Waals surface area contributed by atoms with Crippen LogP contribution in [0.4, 0.5) is 11.9 Å². The van der Waals surface area contributed by atoms with E-state index in [9.17, 15) is 0 Å². The summed E-state index contributed by atoms with van der Waals surface area (Å²) in [6, 6.07) is 0.607. The van der Waals surface area contributed by atoms with Crippen molar-refractivity contribution in [2.24, 2.45) is 5.92 Å². The van der Waals surface area contributed by atoms with E-state index in [2.05, 4.69) is 27.2 Å². The average Bonchev–Trinajstić information content (AvgIpc) is 2.13. The third kappa shape index (κ3) is 2.32. The summed E-state index contributed by atoms with van der Waals surface area (Å²) in [5, 5.41) is 3.24. The molecule has 1 atom stereocenters. The van der Waals surface area contributed by atoms with Crippen LogP contribution in [-0.2, 0) is 0 Å². The summed E-state index contributed by atoms with van der Waals surface area (Å²) in [5.74, 6) is 1.38. The average molecular weight is 223 g/mol. The zero-order valence-corrected chi connectivity index (χ0v) is 9.60. The Balaban J connectivity index is 2.04. The minimum atomic E-state index is 0.176. The van der Waals surface area contributed by atoms with Crippen LogP contribution in [0, 0.1) is 5.92 Å². The fourth-order valence-electron chi connectivity index (χ4n) is 1.79. The number of aromatic nitrogens is 3. The molecule has 1 heterocycles. The van der Waals surface area contributed by atoms with Gasteiger partial charge in [-0.2, -0.15) is 15.0 Å². The second-order valence-electron chi connectivity index (χ2n) is 4.13. The van der Waals surface area contributed by atoms with E-state index >= 15 is 0 Å². The van der Waals surface area contributed by atoms with E-state index in [-0.39, 0.29) is 12.0 Å². The van der Waals surface area contributed by atoms with E-state index in [1.54, 1.807) is 0 Å². The molecule has 1 aliphatic carbocycles. The van der Waals surface area contributed by atoms with Gasteiger partial charge in [-0.3, -0.25) is 0 Å². The molecule has 6 nitrogen and oxygen atoms in total. The largest absolute Gasteiger partial charge is 0.467 e. The van der Waals surface area contributed by atoms with Gasteiger partial charge in [-0.05, 0) is 25.7 Å². The fraction of sp³-hybridized carbons (Fsp3) is 0.700. The van der Waals surface area contributed by atoms with Crippen LogP contribution in [0.25, 0.3) is 0 Å². The number of ether oxygens (including phenoxy) is 1. The molecule has 0 saturated heterocycles. The number of nitrogens with zero attached hydrogens (tertiary/aromatic N) is 3. The fourth-order valence-corrected chi connectivity index (χ4v) is 1.79. The molecule has 1 aromatic rings. The third-order valence-corrected chi connectivity index (χ3v) is 3.03. The van der Waals surface area contributed by atoms with Crippen LogP contribution in [0.3, 0.4) is 0 Å². The van der Waals surface area contributed by atoms with Crippen molar-refractivity contribution < 1.29 is 4.74 Å². The Morgan fingerprint density at radius 2 is 2.12 bits per heavy atom. The first-order chi connectivity index (χ1) is 7.69. The first-order valence-electron chi connectivity index (χ1n) is 5.51. The van der Waals surface area contributed by atoms with Crippen molar-refractivity contribution in [2.75, 3.05) is 18.2 Å². The second kappa shape index (κ2) is 4.51. The van der Waals surface area contributed by atoms with Crippen LogP contribution >= 0.6 is 0 Å². The van der Waals surface area contributed by atoms with Gasteiger partial charge in [0.2, 0.25) is 11.9 Å². The molecule has 1 fully saturated rings. The Hall–Kier alpha value is -1.59. The number of hydrogen-bond donors (Lipinski definition) is 2. The van der Waals surface area contributed by atoms with E-state index in [1.165, 1.54) is 26.4 Å². The lowest BCUT2D eigenvalue weighted by molar-refractivity contribution is 0.284. The van der Waals surface area contributed by atoms with Gasteiger partial charge in [-0.25, -0.2) is 0 Å². The Kier molecular flexibility index (Phi) is 3.07. The van der Waals surface area contributed by atoms with E-state index in [0.717, 1.165) is 0 Å². The molecule has 6 heteroatoms. The molecular weight excluding hydrogens is 206 g/mol. The highest BCUT2D eigenvalue weighted by Crippen LogP contribution is 2.30. The Labute approximate surface area is 94.6 Å². The van der Waals surface area contributed by atoms with Gasteiger partial charge in [0, 0.05) is 6.04 Å². The topological polar surface area (TPSA) is 86.0 Å². The van der Waals surface area contributed by atoms with E-state index in [0.29, 0.717) is 17.9 Å². The minimum Gasteiger partial charge on any atom is -0.467 e. The number of hydrogen-bond acceptors (Lipinski definition) is 6. The van der Waals surface area contributed by atoms with Gasteiger partial charge >= 0.3 is 6.01 Å². The Morgan fingerprint density at radius 3 is 2.69 bits per heavy atom. The van der Waals surface area contributed by atoms with Gasteiger partial charge in [-0.15, -0.1) is 0 Å². The molecule has 1 unspecified atom stereocenters. The summed E-state index contributed by atoms with van der Waals surface area (Å²) in [7, 11) is 1.51. The van der Waals surface area contributed by atoms with E-state index in [1.807, 2.05) is 0 Å². The number of rotatable bonds is 4. The Bertz CT molecular complexity index is 366. The van der Waals surface area contributed by atoms with Crippen molar-refractivity contribution in [3.05, 3.63) is 0 Å². The standard InChI is InChI=1S/C10H17N5O/c1-6(7-4-3-5-7)12-9-13-8(11)14-10(15-9)16-2/h6-7H,3-5H2,1-2H3,(H3,11,12,13,14,15). The van der Waals surface area contributed by atoms with E-state index < -0.39 is 0 Å². The normalized spacial score (nSPS) is 17.6. The van der Waals surface area contributed by atoms with Crippen molar-refractivity contribution in [3.63, 3.8) is 0 Å². The summed E-state index contributed by atoms with van der Waals surface area (Å²) in [6.45, 7) is 2.14. The smallest absolute Gasteiger partial charge is 0.322 e. The van der Waals surface area contributed by atoms with Gasteiger partial charge in [0.05, 0.1) is 7.11 Å². The molecule has 2 rings (SSSR count). The van der Waals surface area contributed by atoms with Crippen LogP contribution in [0.15, 0.2) is 0 Å². The summed E-state index contributed by atoms with van der Waals surface area (Å²) < 4.78 is 4.94. The molecule has 1 aliphatic rings. The van der Waals surface area contributed by atoms with Crippen LogP contribution in [0.1, 0.15) is 26.2 Å². The molecule has 0 amide bonds. The zero-order valence-electron chi connectivity index (χ0n) is 9.60. The highest BCUT2D eigenvalue weighted by molar-refractivity contribution is 5.33. The minimum absolute atomic E-state index is 0.176. The van der Waals surface area contributed by atoms with Crippen LogP contribution in [0.2, 0.25) is 0 Å². The molecule has 1 aromatic heterocycles. The summed E-state index contributed by atoms with van der Waals surface area (Å²) >= 11 is 0. The molecule has 16 heavy (non-hydrogen) atoms. The van der Waals surface area contributed by atoms with Crippen LogP contribution in [0.5, 0.6) is 6.01 Å². The molecule has 0 bridgehead atoms. The maximum Gasteiger partial charge on any atom is 0.322 e. The number of nitrogens with two attached hydrogens (primary N) is 1. The molecule has 1 saturated carbocycles. The van der Waals surface area contributed by atoms with Crippen molar-refractivity contribution in [3.8, 4) is 6.01 Å². The number of methoxy groups -OCH3 is 1. The SMILES string of the molecule is COc1nc(N)nc(NC(C)C2CCC2)n1. The highest BCUT2D eigenvalue weighted by Gasteiger charge is 2.24. The maximum atomic E-state index is 5.55. The molecule has 88 valence electrons. The third-order valence-electron chi connectivity index (χ3n) is 3.03. The van der Waals surface area contributed by atoms with Crippen LogP contribution < -0.4 is 15.8 Å². The summed E-state index contributed by atoms with van der Waals surface area (Å²) in [5.41, 5.74) is 5.55. The molecule has 0 aliphatic heterocycles. The second-order valence-corrected chi connectivity index (χ2v) is 4.13. The van der Waals surface area contributed by atoms with Crippen molar-refractivity contribution >= 4 is 11.9 Å². The molecule has 0 radical (unpaired) electrons. The summed E-state index contributed by atoms with van der Waals surface area (Å²) in [6.07, 6.45) is 3.86. The van der Waals surface area contributed by atoms with Gasteiger partial charge in [0.1, 0.15) is 0 Å². The lowest BCUT2D eigenvalue weighted by Crippen LogP contribution is -2.31. The van der Waals surface area contributed by atoms with Gasteiger partial charge in [0.15, 0.2) is 0 Å².